The molecule has 1 nitrogen and oxygen atoms in total. The van der Waals surface area contributed by atoms with Gasteiger partial charge in [0.15, 0.2) is 0 Å². The minimum atomic E-state index is -7.50. The lowest BCUT2D eigenvalue weighted by atomic mass is 9.88. The van der Waals surface area contributed by atoms with Crippen molar-refractivity contribution < 1.29 is 92.5 Å². The van der Waals surface area contributed by atoms with Crippen molar-refractivity contribution in [3.05, 3.63) is 129 Å². The summed E-state index contributed by atoms with van der Waals surface area (Å²) in [4.78, 5) is 0. The van der Waals surface area contributed by atoms with Crippen LogP contribution < -0.4 is 4.74 Å². The maximum atomic E-state index is 14.8. The summed E-state index contributed by atoms with van der Waals surface area (Å²) < 4.78 is 297. The molecule has 0 aliphatic rings. The molecule has 57 heavy (non-hydrogen) atoms. The molecule has 4 aromatic rings. The maximum absolute atomic E-state index is 14.8. The summed E-state index contributed by atoms with van der Waals surface area (Å²) in [5.74, 6) is -70.8. The SMILES string of the molecule is FC(F)(c1ccc(Oc2ccc(C(F)(F)C(F)(F)C(F)(F)C(F)(F)C(F)(F)c3cccc(Cl)c3)cc2)cc1)C(F)(F)C(F)(F)C(F)(F)C(F)(F)c1cccc(Cl)c1. The molecule has 0 N–H and O–H groups in total. The fraction of sp³-hybridized carbons (Fsp3) is 0.294. The molecule has 0 aliphatic heterocycles. The predicted octanol–water partition coefficient (Wildman–Crippen LogP) is 14.4. The van der Waals surface area contributed by atoms with E-state index in [9.17, 15) is 87.8 Å². The fourth-order valence-electron chi connectivity index (χ4n) is 4.88. The van der Waals surface area contributed by atoms with Gasteiger partial charge in [0.25, 0.3) is 0 Å². The van der Waals surface area contributed by atoms with Crippen molar-refractivity contribution in [3.8, 4) is 11.5 Å². The van der Waals surface area contributed by atoms with Crippen LogP contribution in [0.2, 0.25) is 10.0 Å². The molecule has 4 rings (SSSR count). The molecule has 0 saturated heterocycles. The predicted molar refractivity (Wildman–Crippen MR) is 161 cm³/mol. The Hall–Kier alpha value is -4.14. The van der Waals surface area contributed by atoms with Crippen molar-refractivity contribution in [2.45, 2.75) is 59.2 Å². The molecule has 0 atom stereocenters. The van der Waals surface area contributed by atoms with Gasteiger partial charge in [-0.25, -0.2) is 0 Å². The van der Waals surface area contributed by atoms with Gasteiger partial charge in [0.05, 0.1) is 0 Å². The van der Waals surface area contributed by atoms with Crippen LogP contribution in [-0.4, -0.2) is 35.5 Å². The summed E-state index contributed by atoms with van der Waals surface area (Å²) >= 11 is 10.7. The van der Waals surface area contributed by atoms with E-state index in [2.05, 4.69) is 0 Å². The molecule has 0 amide bonds. The van der Waals surface area contributed by atoms with Crippen molar-refractivity contribution in [1.82, 2.24) is 0 Å². The average molecular weight is 891 g/mol. The molecule has 0 aromatic heterocycles. The highest BCUT2D eigenvalue weighted by Gasteiger charge is 2.88. The molecule has 312 valence electrons. The first-order valence-corrected chi connectivity index (χ1v) is 15.6. The monoisotopic (exact) mass is 890 g/mol. The summed E-state index contributed by atoms with van der Waals surface area (Å²) in [5, 5.41) is -1.49. The molecule has 0 radical (unpaired) electrons. The van der Waals surface area contributed by atoms with Crippen molar-refractivity contribution >= 4 is 23.2 Å². The van der Waals surface area contributed by atoms with E-state index in [-0.39, 0.29) is 72.8 Å². The van der Waals surface area contributed by atoms with Crippen LogP contribution in [0.5, 0.6) is 11.5 Å². The summed E-state index contributed by atoms with van der Waals surface area (Å²) in [6.07, 6.45) is 0. The number of halogens is 22. The van der Waals surface area contributed by atoms with Gasteiger partial charge in [0.2, 0.25) is 0 Å². The Balaban J connectivity index is 1.57. The van der Waals surface area contributed by atoms with Crippen LogP contribution in [0.1, 0.15) is 22.3 Å². The third-order valence-corrected chi connectivity index (χ3v) is 8.67. The molecule has 0 aliphatic carbocycles. The topological polar surface area (TPSA) is 9.23 Å². The Labute approximate surface area is 315 Å². The first kappa shape index (κ1) is 45.6. The lowest BCUT2D eigenvalue weighted by molar-refractivity contribution is -0.407. The minimum Gasteiger partial charge on any atom is -0.457 e. The Morgan fingerprint density at radius 2 is 0.544 bits per heavy atom. The van der Waals surface area contributed by atoms with Crippen LogP contribution in [0.25, 0.3) is 0 Å². The molecule has 0 spiro atoms. The van der Waals surface area contributed by atoms with E-state index in [0.717, 1.165) is 12.1 Å². The highest BCUT2D eigenvalue weighted by molar-refractivity contribution is 6.30. The summed E-state index contributed by atoms with van der Waals surface area (Å²) in [6.45, 7) is 0. The highest BCUT2D eigenvalue weighted by atomic mass is 35.5. The third-order valence-electron chi connectivity index (χ3n) is 8.20. The Morgan fingerprint density at radius 3 is 0.789 bits per heavy atom. The van der Waals surface area contributed by atoms with Crippen LogP contribution in [0, 0.1) is 0 Å². The highest BCUT2D eigenvalue weighted by Crippen LogP contribution is 2.63. The van der Waals surface area contributed by atoms with Gasteiger partial charge in [0.1, 0.15) is 11.5 Å². The first-order valence-electron chi connectivity index (χ1n) is 14.9. The van der Waals surface area contributed by atoms with Gasteiger partial charge >= 0.3 is 59.2 Å². The lowest BCUT2D eigenvalue weighted by Gasteiger charge is -2.39. The van der Waals surface area contributed by atoms with Crippen LogP contribution in [0.15, 0.2) is 97.1 Å². The van der Waals surface area contributed by atoms with E-state index in [0.29, 0.717) is 12.1 Å². The molecule has 23 heteroatoms. The Bertz CT molecular complexity index is 1920. The maximum Gasteiger partial charge on any atom is 0.385 e. The number of hydrogen-bond acceptors (Lipinski definition) is 1. The second-order valence-corrected chi connectivity index (χ2v) is 12.8. The van der Waals surface area contributed by atoms with E-state index in [1.54, 1.807) is 0 Å². The summed E-state index contributed by atoms with van der Waals surface area (Å²) in [7, 11) is 0. The molecule has 0 saturated carbocycles. The van der Waals surface area contributed by atoms with Crippen molar-refractivity contribution in [2.24, 2.45) is 0 Å². The molecular formula is C34H16Cl2F20O. The molecule has 4 aromatic carbocycles. The zero-order valence-corrected chi connectivity index (χ0v) is 28.5. The average Bonchev–Trinajstić information content (AvgIpc) is 3.11. The smallest absolute Gasteiger partial charge is 0.385 e. The minimum absolute atomic E-state index is 0.0103. The van der Waals surface area contributed by atoms with Gasteiger partial charge in [-0.3, -0.25) is 0 Å². The van der Waals surface area contributed by atoms with E-state index in [1.165, 1.54) is 0 Å². The van der Waals surface area contributed by atoms with Crippen molar-refractivity contribution in [2.75, 3.05) is 0 Å². The van der Waals surface area contributed by atoms with Crippen LogP contribution in [0.3, 0.4) is 0 Å². The van der Waals surface area contributed by atoms with E-state index < -0.39 is 103 Å². The molecule has 0 bridgehead atoms. The van der Waals surface area contributed by atoms with Gasteiger partial charge in [-0.2, -0.15) is 87.8 Å². The van der Waals surface area contributed by atoms with Gasteiger partial charge in [0, 0.05) is 32.3 Å². The van der Waals surface area contributed by atoms with Gasteiger partial charge in [-0.15, -0.1) is 0 Å². The number of hydrogen-bond donors (Lipinski definition) is 0. The third kappa shape index (κ3) is 6.98. The van der Waals surface area contributed by atoms with Gasteiger partial charge in [-0.1, -0.05) is 47.5 Å². The van der Waals surface area contributed by atoms with Gasteiger partial charge in [-0.05, 0) is 72.8 Å². The zero-order chi connectivity index (χ0) is 43.6. The second-order valence-electron chi connectivity index (χ2n) is 11.9. The molecule has 0 unspecified atom stereocenters. The molecule has 0 fully saturated rings. The summed E-state index contributed by atoms with van der Waals surface area (Å²) in [5.41, 5.74) is -8.51. The first-order chi connectivity index (χ1) is 25.7. The second kappa shape index (κ2) is 14.3. The van der Waals surface area contributed by atoms with E-state index in [1.807, 2.05) is 0 Å². The number of benzene rings is 4. The zero-order valence-electron chi connectivity index (χ0n) is 27.0. The molecule has 0 heterocycles. The number of rotatable bonds is 14. The quantitative estimate of drug-likeness (QED) is 0.115. The standard InChI is InChI=1S/C34H16Cl2F20O/c35-21-5-1-3-19(15-21)27(41,42)31(49,50)33(53,54)29(45,46)25(37,38)17-7-11-23(12-8-17)57-24-13-9-18(10-14-24)26(39,40)30(47,48)34(55,56)32(51,52)28(43,44)20-4-2-6-22(36)16-20/h1-16H. The largest absolute Gasteiger partial charge is 0.457 e. The Morgan fingerprint density at radius 1 is 0.298 bits per heavy atom. The van der Waals surface area contributed by atoms with Crippen molar-refractivity contribution in [3.63, 3.8) is 0 Å². The van der Waals surface area contributed by atoms with Crippen LogP contribution >= 0.6 is 23.2 Å². The lowest BCUT2D eigenvalue weighted by Crippen LogP contribution is -2.65. The van der Waals surface area contributed by atoms with Gasteiger partial charge < -0.3 is 4.74 Å². The van der Waals surface area contributed by atoms with E-state index >= 15 is 0 Å². The summed E-state index contributed by atoms with van der Waals surface area (Å²) in [6, 6.07) is 3.02. The number of ether oxygens (including phenoxy) is 1. The Kier molecular flexibility index (Phi) is 11.4. The fourth-order valence-corrected chi connectivity index (χ4v) is 5.26. The van der Waals surface area contributed by atoms with Crippen molar-refractivity contribution in [1.29, 1.82) is 0 Å². The van der Waals surface area contributed by atoms with E-state index in [4.69, 9.17) is 27.9 Å². The van der Waals surface area contributed by atoms with Crippen LogP contribution in [0.4, 0.5) is 87.8 Å². The molecular weight excluding hydrogens is 875 g/mol. The number of alkyl halides is 20. The normalized spacial score (nSPS) is 14.5. The van der Waals surface area contributed by atoms with Crippen LogP contribution in [-0.2, 0) is 23.7 Å².